The number of nitrogens with zero attached hydrogens (tertiary/aromatic N) is 1. The average Bonchev–Trinajstić information content (AvgIpc) is 3.07. The Hall–Kier alpha value is -1.41. The van der Waals surface area contributed by atoms with Gasteiger partial charge in [-0.15, -0.1) is 0 Å². The van der Waals surface area contributed by atoms with Crippen LogP contribution in [0.15, 0.2) is 53.0 Å². The molecule has 0 amide bonds. The fourth-order valence-corrected chi connectivity index (χ4v) is 5.72. The van der Waals surface area contributed by atoms with E-state index in [2.05, 4.69) is 58.9 Å². The molecule has 2 aromatic carbocycles. The highest BCUT2D eigenvalue weighted by atomic mass is 79.9. The van der Waals surface area contributed by atoms with Crippen molar-refractivity contribution in [1.29, 1.82) is 0 Å². The molecule has 7 heteroatoms. The van der Waals surface area contributed by atoms with Gasteiger partial charge in [0.2, 0.25) is 0 Å². The molecular weight excluding hydrogens is 466 g/mol. The van der Waals surface area contributed by atoms with E-state index in [-0.39, 0.29) is 24.2 Å². The number of rotatable bonds is 9. The molecule has 1 saturated heterocycles. The zero-order valence-corrected chi connectivity index (χ0v) is 19.9. The summed E-state index contributed by atoms with van der Waals surface area (Å²) in [4.78, 5) is 2.09. The predicted octanol–water partition coefficient (Wildman–Crippen LogP) is 4.00. The van der Waals surface area contributed by atoms with Crippen LogP contribution < -0.4 is 4.74 Å². The molecule has 0 spiro atoms. The molecule has 1 N–H and O–H groups in total. The second-order valence-electron chi connectivity index (χ2n) is 8.30. The second-order valence-corrected chi connectivity index (χ2v) is 11.4. The molecule has 0 saturated carbocycles. The van der Waals surface area contributed by atoms with Crippen molar-refractivity contribution in [3.8, 4) is 5.75 Å². The van der Waals surface area contributed by atoms with Crippen LogP contribution in [0.3, 0.4) is 0 Å². The number of ether oxygens (including phenoxy) is 1. The van der Waals surface area contributed by atoms with E-state index in [9.17, 15) is 13.5 Å². The van der Waals surface area contributed by atoms with Gasteiger partial charge in [-0.3, -0.25) is 4.90 Å². The summed E-state index contributed by atoms with van der Waals surface area (Å²) in [5.74, 6) is 1.52. The first-order valence-corrected chi connectivity index (χ1v) is 12.9. The molecule has 2 aromatic rings. The summed E-state index contributed by atoms with van der Waals surface area (Å²) in [5, 5.41) is 10.6. The van der Waals surface area contributed by atoms with Gasteiger partial charge in [-0.25, -0.2) is 8.42 Å². The minimum Gasteiger partial charge on any atom is -0.491 e. The van der Waals surface area contributed by atoms with Crippen LogP contribution >= 0.6 is 15.9 Å². The van der Waals surface area contributed by atoms with Crippen molar-refractivity contribution in [2.75, 3.05) is 24.7 Å². The standard InChI is InChI=1S/C23H30BrNO4S/c1-17(2)19-5-3-18(4-6-19)13-25(21-11-12-30(27,28)16-21)14-22(26)15-29-23-9-7-20(24)8-10-23/h3-10,17,21-22,26H,11-16H2,1-2H3. The van der Waals surface area contributed by atoms with Gasteiger partial charge in [0.05, 0.1) is 11.5 Å². The number of aliphatic hydroxyl groups is 1. The summed E-state index contributed by atoms with van der Waals surface area (Å²) >= 11 is 3.39. The van der Waals surface area contributed by atoms with E-state index in [1.165, 1.54) is 5.56 Å². The largest absolute Gasteiger partial charge is 0.491 e. The van der Waals surface area contributed by atoms with E-state index < -0.39 is 15.9 Å². The van der Waals surface area contributed by atoms with E-state index in [1.807, 2.05) is 24.3 Å². The highest BCUT2D eigenvalue weighted by Gasteiger charge is 2.33. The molecule has 30 heavy (non-hydrogen) atoms. The smallest absolute Gasteiger partial charge is 0.151 e. The SMILES string of the molecule is CC(C)c1ccc(CN(CC(O)COc2ccc(Br)cc2)C2CCS(=O)(=O)C2)cc1. The van der Waals surface area contributed by atoms with Gasteiger partial charge < -0.3 is 9.84 Å². The fraction of sp³-hybridized carbons (Fsp3) is 0.478. The van der Waals surface area contributed by atoms with Crippen molar-refractivity contribution >= 4 is 25.8 Å². The van der Waals surface area contributed by atoms with Gasteiger partial charge in [-0.1, -0.05) is 54.0 Å². The molecule has 2 atom stereocenters. The Bertz CT molecular complexity index is 913. The van der Waals surface area contributed by atoms with Crippen LogP contribution in [0.2, 0.25) is 0 Å². The third kappa shape index (κ3) is 6.80. The van der Waals surface area contributed by atoms with E-state index in [4.69, 9.17) is 4.74 Å². The summed E-state index contributed by atoms with van der Waals surface area (Å²) in [5.41, 5.74) is 2.39. The lowest BCUT2D eigenvalue weighted by Gasteiger charge is -2.30. The van der Waals surface area contributed by atoms with Gasteiger partial charge in [0, 0.05) is 23.6 Å². The molecule has 0 radical (unpaired) electrons. The first-order valence-electron chi connectivity index (χ1n) is 10.3. The van der Waals surface area contributed by atoms with E-state index in [1.54, 1.807) is 0 Å². The van der Waals surface area contributed by atoms with Gasteiger partial charge in [0.25, 0.3) is 0 Å². The Morgan fingerprint density at radius 1 is 1.13 bits per heavy atom. The molecule has 0 aromatic heterocycles. The number of halogens is 1. The first kappa shape index (κ1) is 23.3. The van der Waals surface area contributed by atoms with Crippen LogP contribution in [-0.2, 0) is 16.4 Å². The number of aliphatic hydroxyl groups excluding tert-OH is 1. The van der Waals surface area contributed by atoms with Crippen LogP contribution in [-0.4, -0.2) is 55.2 Å². The molecule has 3 rings (SSSR count). The average molecular weight is 496 g/mol. The van der Waals surface area contributed by atoms with Crippen LogP contribution in [0, 0.1) is 0 Å². The highest BCUT2D eigenvalue weighted by Crippen LogP contribution is 2.22. The second kappa shape index (κ2) is 10.3. The molecule has 0 aliphatic carbocycles. The van der Waals surface area contributed by atoms with E-state index >= 15 is 0 Å². The molecule has 2 unspecified atom stereocenters. The van der Waals surface area contributed by atoms with Gasteiger partial charge in [-0.05, 0) is 47.7 Å². The maximum absolute atomic E-state index is 12.0. The van der Waals surface area contributed by atoms with Crippen molar-refractivity contribution < 1.29 is 18.3 Å². The Kier molecular flexibility index (Phi) is 7.96. The third-order valence-corrected chi connectivity index (χ3v) is 7.74. The number of hydrogen-bond donors (Lipinski definition) is 1. The Balaban J connectivity index is 1.65. The van der Waals surface area contributed by atoms with E-state index in [0.717, 1.165) is 10.0 Å². The first-order chi connectivity index (χ1) is 14.2. The Labute approximate surface area is 188 Å². The Morgan fingerprint density at radius 3 is 2.37 bits per heavy atom. The summed E-state index contributed by atoms with van der Waals surface area (Å²) in [6.45, 7) is 5.44. The number of hydrogen-bond acceptors (Lipinski definition) is 5. The van der Waals surface area contributed by atoms with Gasteiger partial charge in [-0.2, -0.15) is 0 Å². The molecule has 164 valence electrons. The predicted molar refractivity (Wildman–Crippen MR) is 124 cm³/mol. The molecule has 0 bridgehead atoms. The lowest BCUT2D eigenvalue weighted by atomic mass is 10.0. The fourth-order valence-electron chi connectivity index (χ4n) is 3.70. The van der Waals surface area contributed by atoms with Gasteiger partial charge in [0.15, 0.2) is 9.84 Å². The molecular formula is C23H30BrNO4S. The molecule has 1 heterocycles. The van der Waals surface area contributed by atoms with Crippen molar-refractivity contribution in [3.63, 3.8) is 0 Å². The van der Waals surface area contributed by atoms with Crippen LogP contribution in [0.25, 0.3) is 0 Å². The van der Waals surface area contributed by atoms with Crippen molar-refractivity contribution in [1.82, 2.24) is 4.90 Å². The summed E-state index contributed by atoms with van der Waals surface area (Å²) in [7, 11) is -3.00. The van der Waals surface area contributed by atoms with Crippen LogP contribution in [0.4, 0.5) is 0 Å². The maximum atomic E-state index is 12.0. The quantitative estimate of drug-likeness (QED) is 0.569. The minimum absolute atomic E-state index is 0.0814. The van der Waals surface area contributed by atoms with Crippen LogP contribution in [0.1, 0.15) is 37.3 Å². The van der Waals surface area contributed by atoms with E-state index in [0.29, 0.717) is 31.2 Å². The van der Waals surface area contributed by atoms with Gasteiger partial charge in [0.1, 0.15) is 18.5 Å². The zero-order chi connectivity index (χ0) is 21.7. The maximum Gasteiger partial charge on any atom is 0.151 e. The molecule has 5 nitrogen and oxygen atoms in total. The van der Waals surface area contributed by atoms with Crippen molar-refractivity contribution in [2.24, 2.45) is 0 Å². The molecule has 1 aliphatic heterocycles. The summed E-state index contributed by atoms with van der Waals surface area (Å²) < 4.78 is 30.7. The number of benzene rings is 2. The number of sulfone groups is 1. The lowest BCUT2D eigenvalue weighted by molar-refractivity contribution is 0.0525. The minimum atomic E-state index is -3.00. The molecule has 1 aliphatic rings. The Morgan fingerprint density at radius 2 is 1.80 bits per heavy atom. The van der Waals surface area contributed by atoms with Gasteiger partial charge >= 0.3 is 0 Å². The normalized spacial score (nSPS) is 19.3. The monoisotopic (exact) mass is 495 g/mol. The van der Waals surface area contributed by atoms with Crippen LogP contribution in [0.5, 0.6) is 5.75 Å². The summed E-state index contributed by atoms with van der Waals surface area (Å²) in [6.07, 6.45) is -0.112. The third-order valence-electron chi connectivity index (χ3n) is 5.46. The zero-order valence-electron chi connectivity index (χ0n) is 17.5. The summed E-state index contributed by atoms with van der Waals surface area (Å²) in [6, 6.07) is 15.8. The molecule has 1 fully saturated rings. The topological polar surface area (TPSA) is 66.8 Å². The highest BCUT2D eigenvalue weighted by molar-refractivity contribution is 9.10. The van der Waals surface area contributed by atoms with Crippen molar-refractivity contribution in [3.05, 3.63) is 64.1 Å². The lowest BCUT2D eigenvalue weighted by Crippen LogP contribution is -2.42. The van der Waals surface area contributed by atoms with Crippen molar-refractivity contribution in [2.45, 2.75) is 44.9 Å².